The number of hydrogen-bond donors (Lipinski definition) is 1. The van der Waals surface area contributed by atoms with Crippen LogP contribution < -0.4 is 10.1 Å². The Hall–Kier alpha value is -2.66. The smallest absolute Gasteiger partial charge is 0.325 e. The van der Waals surface area contributed by atoms with E-state index >= 15 is 0 Å². The van der Waals surface area contributed by atoms with E-state index < -0.39 is 21.9 Å². The lowest BCUT2D eigenvalue weighted by atomic mass is 10.1. The van der Waals surface area contributed by atoms with Crippen molar-refractivity contribution in [2.24, 2.45) is 0 Å². The summed E-state index contributed by atoms with van der Waals surface area (Å²) in [5.41, 5.74) is 1.59. The second-order valence-corrected chi connectivity index (χ2v) is 9.50. The van der Waals surface area contributed by atoms with Gasteiger partial charge in [-0.25, -0.2) is 8.42 Å². The van der Waals surface area contributed by atoms with E-state index in [2.05, 4.69) is 5.32 Å². The van der Waals surface area contributed by atoms with E-state index in [0.29, 0.717) is 36.0 Å². The van der Waals surface area contributed by atoms with E-state index in [1.165, 1.54) is 28.6 Å². The molecule has 2 aromatic carbocycles. The molecule has 3 rings (SSSR count). The van der Waals surface area contributed by atoms with Gasteiger partial charge in [0.25, 0.3) is 5.91 Å². The summed E-state index contributed by atoms with van der Waals surface area (Å²) in [6.45, 7) is 4.22. The molecule has 11 heteroatoms. The molecule has 0 bridgehead atoms. The normalized spacial score (nSPS) is 13.2. The molecule has 33 heavy (non-hydrogen) atoms. The number of nitrogens with one attached hydrogen (secondary N) is 1. The van der Waals surface area contributed by atoms with Crippen LogP contribution in [0.1, 0.15) is 35.3 Å². The number of carbonyl (C=O) groups excluding carboxylic acids is 2. The number of sulfonamides is 1. The maximum atomic E-state index is 12.5. The predicted octanol–water partition coefficient (Wildman–Crippen LogP) is 2.71. The van der Waals surface area contributed by atoms with Crippen LogP contribution in [0.5, 0.6) is 5.75 Å². The molecule has 0 atom stereocenters. The van der Waals surface area contributed by atoms with Crippen molar-refractivity contribution in [2.75, 3.05) is 26.4 Å². The van der Waals surface area contributed by atoms with E-state index in [4.69, 9.17) is 25.8 Å². The molecule has 0 saturated carbocycles. The first kappa shape index (κ1) is 25.0. The number of halogens is 1. The van der Waals surface area contributed by atoms with Gasteiger partial charge in [0.05, 0.1) is 11.5 Å². The van der Waals surface area contributed by atoms with Crippen LogP contribution in [0.4, 0.5) is 0 Å². The quantitative estimate of drug-likeness (QED) is 0.531. The minimum Gasteiger partial charge on any atom is -0.467 e. The van der Waals surface area contributed by atoms with Crippen molar-refractivity contribution < 1.29 is 32.2 Å². The standard InChI is InChI=1S/C22H25ClN2O7S/c1-3-25(4-2)33(28,29)19-7-5-15(6-8-19)22(27)24-11-20(26)31-13-17-10-18(23)9-16-12-30-14-32-21(16)17/h5-10H,3-4,11-14H2,1-2H3,(H,24,27). The maximum Gasteiger partial charge on any atom is 0.325 e. The molecule has 1 amide bonds. The van der Waals surface area contributed by atoms with Crippen molar-refractivity contribution in [3.63, 3.8) is 0 Å². The van der Waals surface area contributed by atoms with E-state index in [1.807, 2.05) is 0 Å². The summed E-state index contributed by atoms with van der Waals surface area (Å²) >= 11 is 6.09. The van der Waals surface area contributed by atoms with E-state index in [0.717, 1.165) is 5.56 Å². The molecule has 1 heterocycles. The minimum absolute atomic E-state index is 0.0739. The Morgan fingerprint density at radius 3 is 2.52 bits per heavy atom. The number of amides is 1. The largest absolute Gasteiger partial charge is 0.467 e. The second-order valence-electron chi connectivity index (χ2n) is 7.12. The molecule has 9 nitrogen and oxygen atoms in total. The van der Waals surface area contributed by atoms with Gasteiger partial charge in [-0.15, -0.1) is 0 Å². The summed E-state index contributed by atoms with van der Waals surface area (Å²) in [7, 11) is -3.61. The average molecular weight is 497 g/mol. The van der Waals surface area contributed by atoms with Gasteiger partial charge in [0, 0.05) is 34.8 Å². The van der Waals surface area contributed by atoms with Crippen LogP contribution in [0.15, 0.2) is 41.3 Å². The van der Waals surface area contributed by atoms with Gasteiger partial charge in [-0.1, -0.05) is 25.4 Å². The monoisotopic (exact) mass is 496 g/mol. The lowest BCUT2D eigenvalue weighted by molar-refractivity contribution is -0.143. The molecule has 178 valence electrons. The number of carbonyl (C=O) groups is 2. The number of esters is 1. The number of nitrogens with zero attached hydrogens (tertiary/aromatic N) is 1. The molecule has 1 aliphatic rings. The molecule has 0 spiro atoms. The van der Waals surface area contributed by atoms with Crippen molar-refractivity contribution in [1.29, 1.82) is 0 Å². The van der Waals surface area contributed by atoms with E-state index in [9.17, 15) is 18.0 Å². The summed E-state index contributed by atoms with van der Waals surface area (Å²) in [6.07, 6.45) is 0. The Bertz CT molecular complexity index is 1120. The second kappa shape index (κ2) is 11.0. The summed E-state index contributed by atoms with van der Waals surface area (Å²) < 4.78 is 42.3. The van der Waals surface area contributed by atoms with E-state index in [-0.39, 0.29) is 30.4 Å². The zero-order valence-corrected chi connectivity index (χ0v) is 19.9. The zero-order valence-electron chi connectivity index (χ0n) is 18.3. The molecule has 0 aliphatic carbocycles. The molecule has 0 aromatic heterocycles. The summed E-state index contributed by atoms with van der Waals surface area (Å²) in [4.78, 5) is 24.5. The third kappa shape index (κ3) is 6.02. The fourth-order valence-electron chi connectivity index (χ4n) is 3.32. The highest BCUT2D eigenvalue weighted by Gasteiger charge is 2.22. The topological polar surface area (TPSA) is 111 Å². The van der Waals surface area contributed by atoms with Gasteiger partial charge in [0.15, 0.2) is 6.79 Å². The Morgan fingerprint density at radius 1 is 1.15 bits per heavy atom. The molecule has 0 unspecified atom stereocenters. The van der Waals surface area contributed by atoms with Crippen LogP contribution in [0.3, 0.4) is 0 Å². The third-order valence-electron chi connectivity index (χ3n) is 4.99. The first-order chi connectivity index (χ1) is 15.8. The molecule has 1 N–H and O–H groups in total. The van der Waals surface area contributed by atoms with Crippen molar-refractivity contribution in [2.45, 2.75) is 32.0 Å². The Balaban J connectivity index is 1.55. The zero-order chi connectivity index (χ0) is 24.0. The van der Waals surface area contributed by atoms with Crippen molar-refractivity contribution in [3.05, 3.63) is 58.1 Å². The highest BCUT2D eigenvalue weighted by molar-refractivity contribution is 7.89. The molecule has 0 fully saturated rings. The number of hydrogen-bond acceptors (Lipinski definition) is 7. The van der Waals surface area contributed by atoms with Crippen LogP contribution in [0, 0.1) is 0 Å². The summed E-state index contributed by atoms with van der Waals surface area (Å²) in [5, 5.41) is 2.93. The number of rotatable bonds is 9. The lowest BCUT2D eigenvalue weighted by Gasteiger charge is -2.21. The maximum absolute atomic E-state index is 12.5. The van der Waals surface area contributed by atoms with Crippen molar-refractivity contribution in [1.82, 2.24) is 9.62 Å². The Morgan fingerprint density at radius 2 is 1.85 bits per heavy atom. The van der Waals surface area contributed by atoms with Crippen LogP contribution >= 0.6 is 11.6 Å². The number of benzene rings is 2. The van der Waals surface area contributed by atoms with Gasteiger partial charge in [-0.2, -0.15) is 4.31 Å². The highest BCUT2D eigenvalue weighted by atomic mass is 35.5. The molecular weight excluding hydrogens is 472 g/mol. The van der Waals surface area contributed by atoms with Crippen molar-refractivity contribution in [3.8, 4) is 5.75 Å². The summed E-state index contributed by atoms with van der Waals surface area (Å²) in [5.74, 6) is -0.605. The highest BCUT2D eigenvalue weighted by Crippen LogP contribution is 2.32. The third-order valence-corrected chi connectivity index (χ3v) is 7.28. The fourth-order valence-corrected chi connectivity index (χ4v) is 5.04. The molecular formula is C22H25ClN2O7S. The van der Waals surface area contributed by atoms with Gasteiger partial charge < -0.3 is 19.5 Å². The average Bonchev–Trinajstić information content (AvgIpc) is 2.81. The SMILES string of the molecule is CCN(CC)S(=O)(=O)c1ccc(C(=O)NCC(=O)OCc2cc(Cl)cc3c2OCOC3)cc1. The number of fused-ring (bicyclic) bond motifs is 1. The van der Waals surface area contributed by atoms with Gasteiger partial charge in [0.1, 0.15) is 18.9 Å². The van der Waals surface area contributed by atoms with Gasteiger partial charge >= 0.3 is 5.97 Å². The van der Waals surface area contributed by atoms with Gasteiger partial charge in [-0.3, -0.25) is 9.59 Å². The summed E-state index contributed by atoms with van der Waals surface area (Å²) in [6, 6.07) is 8.90. The molecule has 0 radical (unpaired) electrons. The Labute approximate surface area is 197 Å². The van der Waals surface area contributed by atoms with Crippen LogP contribution in [0.25, 0.3) is 0 Å². The van der Waals surface area contributed by atoms with Crippen LogP contribution in [-0.2, 0) is 37.5 Å². The van der Waals surface area contributed by atoms with Crippen LogP contribution in [-0.4, -0.2) is 51.0 Å². The van der Waals surface area contributed by atoms with Crippen molar-refractivity contribution >= 4 is 33.5 Å². The van der Waals surface area contributed by atoms with Crippen LogP contribution in [0.2, 0.25) is 5.02 Å². The fraction of sp³-hybridized carbons (Fsp3) is 0.364. The van der Waals surface area contributed by atoms with Gasteiger partial charge in [0.2, 0.25) is 10.0 Å². The molecule has 2 aromatic rings. The molecule has 1 aliphatic heterocycles. The minimum atomic E-state index is -3.61. The first-order valence-electron chi connectivity index (χ1n) is 10.3. The first-order valence-corrected chi connectivity index (χ1v) is 12.1. The van der Waals surface area contributed by atoms with E-state index in [1.54, 1.807) is 26.0 Å². The van der Waals surface area contributed by atoms with Gasteiger partial charge in [-0.05, 0) is 36.4 Å². The predicted molar refractivity (Wildman–Crippen MR) is 120 cm³/mol. The lowest BCUT2D eigenvalue weighted by Crippen LogP contribution is -2.31. The Kier molecular flexibility index (Phi) is 8.30. The number of ether oxygens (including phenoxy) is 3. The molecule has 0 saturated heterocycles.